The first-order chi connectivity index (χ1) is 14.0. The van der Waals surface area contributed by atoms with Crippen LogP contribution in [-0.2, 0) is 21.6 Å². The topological polar surface area (TPSA) is 64.8 Å². The third-order valence-corrected chi connectivity index (χ3v) is 5.37. The molecule has 2 aromatic carbocycles. The number of amides is 1. The number of nitrogens with two attached hydrogens (primary N) is 1. The van der Waals surface area contributed by atoms with Crippen molar-refractivity contribution < 1.29 is 14.3 Å². The lowest BCUT2D eigenvalue weighted by Gasteiger charge is -2.50. The fourth-order valence-corrected chi connectivity index (χ4v) is 3.73. The number of rotatable bonds is 7. The fourth-order valence-electron chi connectivity index (χ4n) is 3.73. The number of likely N-dealkylation sites (tertiary alicyclic amines) is 1. The van der Waals surface area contributed by atoms with Crippen molar-refractivity contribution in [3.05, 3.63) is 65.2 Å². The van der Waals surface area contributed by atoms with Crippen LogP contribution in [0.4, 0.5) is 0 Å². The van der Waals surface area contributed by atoms with E-state index in [-0.39, 0.29) is 5.91 Å². The third kappa shape index (κ3) is 4.61. The van der Waals surface area contributed by atoms with Crippen molar-refractivity contribution in [3.63, 3.8) is 0 Å². The molecule has 0 saturated carbocycles. The molecule has 5 heteroatoms. The fraction of sp³-hybridized carbons (Fsp3) is 0.375. The molecule has 2 aromatic rings. The first kappa shape index (κ1) is 20.9. The van der Waals surface area contributed by atoms with Crippen LogP contribution in [0.2, 0.25) is 0 Å². The van der Waals surface area contributed by atoms with Gasteiger partial charge in [0.2, 0.25) is 5.91 Å². The Morgan fingerprint density at radius 1 is 1.21 bits per heavy atom. The summed E-state index contributed by atoms with van der Waals surface area (Å²) in [4.78, 5) is 14.7. The lowest BCUT2D eigenvalue weighted by Crippen LogP contribution is -2.65. The minimum atomic E-state index is -0.589. The summed E-state index contributed by atoms with van der Waals surface area (Å²) in [6.07, 6.45) is 0.485. The summed E-state index contributed by atoms with van der Waals surface area (Å²) in [5.41, 5.74) is 8.95. The van der Waals surface area contributed by atoms with E-state index in [1.807, 2.05) is 36.4 Å². The molecule has 1 fully saturated rings. The summed E-state index contributed by atoms with van der Waals surface area (Å²) in [6, 6.07) is 15.2. The van der Waals surface area contributed by atoms with Gasteiger partial charge in [-0.1, -0.05) is 42.3 Å². The van der Waals surface area contributed by atoms with Gasteiger partial charge in [-0.2, -0.15) is 0 Å². The average Bonchev–Trinajstić information content (AvgIpc) is 2.70. The van der Waals surface area contributed by atoms with E-state index in [4.69, 9.17) is 15.2 Å². The second-order valence-corrected chi connectivity index (χ2v) is 7.38. The number of carbonyl (C=O) groups is 1. The van der Waals surface area contributed by atoms with Crippen LogP contribution in [-0.4, -0.2) is 43.7 Å². The molecule has 152 valence electrons. The lowest BCUT2D eigenvalue weighted by atomic mass is 9.82. The van der Waals surface area contributed by atoms with E-state index >= 15 is 0 Å². The standard InChI is InChI=1S/C24H28N2O3/c1-4-5-14-29-24(21-9-7-6-8-18(21)2)16-26(17-24)23(27)22(25)15-19-10-12-20(28-3)13-11-19/h6-13,22H,14-17,25H2,1-3H3/t22-/m1/s1. The Hall–Kier alpha value is -2.81. The zero-order valence-corrected chi connectivity index (χ0v) is 17.3. The van der Waals surface area contributed by atoms with E-state index in [1.165, 1.54) is 0 Å². The highest BCUT2D eigenvalue weighted by atomic mass is 16.5. The Kier molecular flexibility index (Phi) is 6.58. The van der Waals surface area contributed by atoms with E-state index < -0.39 is 11.6 Å². The summed E-state index contributed by atoms with van der Waals surface area (Å²) < 4.78 is 11.3. The van der Waals surface area contributed by atoms with Gasteiger partial charge in [-0.05, 0) is 49.1 Å². The number of aryl methyl sites for hydroxylation is 1. The van der Waals surface area contributed by atoms with Crippen molar-refractivity contribution in [2.45, 2.75) is 31.9 Å². The Morgan fingerprint density at radius 3 is 2.52 bits per heavy atom. The second-order valence-electron chi connectivity index (χ2n) is 7.38. The smallest absolute Gasteiger partial charge is 0.240 e. The van der Waals surface area contributed by atoms with Gasteiger partial charge in [0.05, 0.1) is 26.2 Å². The Balaban J connectivity index is 1.67. The summed E-state index contributed by atoms with van der Waals surface area (Å²) in [5, 5.41) is 0. The predicted octanol–water partition coefficient (Wildman–Crippen LogP) is 2.65. The Bertz CT molecular complexity index is 906. The molecule has 1 aliphatic rings. The molecule has 1 heterocycles. The number of hydrogen-bond donors (Lipinski definition) is 1. The van der Waals surface area contributed by atoms with E-state index in [0.717, 1.165) is 22.4 Å². The molecular formula is C24H28N2O3. The maximum atomic E-state index is 12.9. The highest BCUT2D eigenvalue weighted by Gasteiger charge is 2.49. The van der Waals surface area contributed by atoms with Gasteiger partial charge in [-0.3, -0.25) is 4.79 Å². The number of methoxy groups -OCH3 is 1. The summed E-state index contributed by atoms with van der Waals surface area (Å²) in [6.45, 7) is 5.16. The number of nitrogens with zero attached hydrogens (tertiary/aromatic N) is 1. The monoisotopic (exact) mass is 392 g/mol. The van der Waals surface area contributed by atoms with Crippen molar-refractivity contribution in [2.24, 2.45) is 5.73 Å². The first-order valence-corrected chi connectivity index (χ1v) is 9.76. The zero-order chi connectivity index (χ0) is 20.9. The summed E-state index contributed by atoms with van der Waals surface area (Å²) in [7, 11) is 1.63. The molecule has 3 rings (SSSR count). The predicted molar refractivity (Wildman–Crippen MR) is 114 cm³/mol. The van der Waals surface area contributed by atoms with Crippen LogP contribution in [0.1, 0.15) is 23.6 Å². The molecule has 2 N–H and O–H groups in total. The maximum Gasteiger partial charge on any atom is 0.240 e. The van der Waals surface area contributed by atoms with Crippen LogP contribution in [0, 0.1) is 18.8 Å². The van der Waals surface area contributed by atoms with Crippen molar-refractivity contribution >= 4 is 5.91 Å². The van der Waals surface area contributed by atoms with Gasteiger partial charge in [-0.25, -0.2) is 0 Å². The minimum absolute atomic E-state index is 0.0600. The summed E-state index contributed by atoms with van der Waals surface area (Å²) >= 11 is 0. The van der Waals surface area contributed by atoms with Crippen LogP contribution in [0.15, 0.2) is 48.5 Å². The molecule has 0 bridgehead atoms. The van der Waals surface area contributed by atoms with Gasteiger partial charge in [0.1, 0.15) is 18.0 Å². The molecule has 5 nitrogen and oxygen atoms in total. The van der Waals surface area contributed by atoms with E-state index in [9.17, 15) is 4.79 Å². The number of carbonyl (C=O) groups excluding carboxylic acids is 1. The molecule has 29 heavy (non-hydrogen) atoms. The molecule has 0 spiro atoms. The van der Waals surface area contributed by atoms with Crippen LogP contribution in [0.25, 0.3) is 0 Å². The lowest BCUT2D eigenvalue weighted by molar-refractivity contribution is -0.170. The molecular weight excluding hydrogens is 364 g/mol. The van der Waals surface area contributed by atoms with Crippen LogP contribution < -0.4 is 10.5 Å². The van der Waals surface area contributed by atoms with Crippen LogP contribution in [0.5, 0.6) is 5.75 Å². The van der Waals surface area contributed by atoms with Crippen LogP contribution in [0.3, 0.4) is 0 Å². The van der Waals surface area contributed by atoms with Crippen molar-refractivity contribution in [2.75, 3.05) is 26.8 Å². The number of hydrogen-bond acceptors (Lipinski definition) is 4. The van der Waals surface area contributed by atoms with Gasteiger partial charge in [-0.15, -0.1) is 5.92 Å². The van der Waals surface area contributed by atoms with E-state index in [1.54, 1.807) is 18.9 Å². The van der Waals surface area contributed by atoms with Crippen molar-refractivity contribution in [1.82, 2.24) is 4.90 Å². The molecule has 1 atom stereocenters. The minimum Gasteiger partial charge on any atom is -0.497 e. The normalized spacial score (nSPS) is 15.7. The highest BCUT2D eigenvalue weighted by Crippen LogP contribution is 2.38. The first-order valence-electron chi connectivity index (χ1n) is 9.76. The largest absolute Gasteiger partial charge is 0.497 e. The zero-order valence-electron chi connectivity index (χ0n) is 17.3. The van der Waals surface area contributed by atoms with E-state index in [2.05, 4.69) is 30.9 Å². The molecule has 0 aromatic heterocycles. The number of ether oxygens (including phenoxy) is 2. The highest BCUT2D eigenvalue weighted by molar-refractivity contribution is 5.83. The molecule has 0 radical (unpaired) electrons. The molecule has 1 aliphatic heterocycles. The quantitative estimate of drug-likeness (QED) is 0.736. The van der Waals surface area contributed by atoms with E-state index in [0.29, 0.717) is 26.1 Å². The van der Waals surface area contributed by atoms with Gasteiger partial charge in [0.15, 0.2) is 0 Å². The Morgan fingerprint density at radius 2 is 1.90 bits per heavy atom. The SMILES string of the molecule is CC#CCOC1(c2ccccc2C)CN(C(=O)[C@H](N)Cc2ccc(OC)cc2)C1. The van der Waals surface area contributed by atoms with Crippen molar-refractivity contribution in [3.8, 4) is 17.6 Å². The Labute approximate surface area is 172 Å². The van der Waals surface area contributed by atoms with Gasteiger partial charge in [0, 0.05) is 0 Å². The third-order valence-electron chi connectivity index (χ3n) is 5.37. The van der Waals surface area contributed by atoms with Gasteiger partial charge < -0.3 is 20.1 Å². The van der Waals surface area contributed by atoms with Gasteiger partial charge >= 0.3 is 0 Å². The second kappa shape index (κ2) is 9.13. The average molecular weight is 392 g/mol. The molecule has 1 saturated heterocycles. The maximum absolute atomic E-state index is 12.9. The molecule has 0 unspecified atom stereocenters. The van der Waals surface area contributed by atoms with Gasteiger partial charge in [0.25, 0.3) is 0 Å². The summed E-state index contributed by atoms with van der Waals surface area (Å²) in [5.74, 6) is 6.54. The molecule has 0 aliphatic carbocycles. The molecule has 1 amide bonds. The van der Waals surface area contributed by atoms with Crippen molar-refractivity contribution in [1.29, 1.82) is 0 Å². The number of benzene rings is 2. The van der Waals surface area contributed by atoms with Crippen LogP contribution >= 0.6 is 0 Å².